The van der Waals surface area contributed by atoms with Gasteiger partial charge in [-0.15, -0.1) is 0 Å². The van der Waals surface area contributed by atoms with E-state index < -0.39 is 0 Å². The Hall–Kier alpha value is -0.940. The molecule has 17 heavy (non-hydrogen) atoms. The van der Waals surface area contributed by atoms with Crippen LogP contribution in [0.25, 0.3) is 0 Å². The van der Waals surface area contributed by atoms with Crippen molar-refractivity contribution in [3.63, 3.8) is 0 Å². The van der Waals surface area contributed by atoms with Crippen LogP contribution in [0.3, 0.4) is 0 Å². The molecule has 1 aliphatic carbocycles. The number of rotatable bonds is 5. The van der Waals surface area contributed by atoms with Gasteiger partial charge in [0, 0.05) is 19.1 Å². The van der Waals surface area contributed by atoms with Gasteiger partial charge in [0.05, 0.1) is 12.5 Å². The highest BCUT2D eigenvalue weighted by atomic mass is 16.5. The summed E-state index contributed by atoms with van der Waals surface area (Å²) in [7, 11) is 0. The third-order valence-electron chi connectivity index (χ3n) is 3.29. The standard InChI is InChI=1S/C12H21N3O2/c1-2-16-8-7-11-14-12(17-15-11)9-5-3-4-6-10(9)13/h9-10H,2-8,13H2,1H3. The summed E-state index contributed by atoms with van der Waals surface area (Å²) in [5, 5.41) is 3.98. The Balaban J connectivity index is 1.92. The van der Waals surface area contributed by atoms with E-state index >= 15 is 0 Å². The zero-order valence-corrected chi connectivity index (χ0v) is 10.4. The van der Waals surface area contributed by atoms with Crippen LogP contribution in [0.1, 0.15) is 50.2 Å². The SMILES string of the molecule is CCOCCc1noc(C2CCCCC2N)n1. The summed E-state index contributed by atoms with van der Waals surface area (Å²) in [5.74, 6) is 1.69. The molecule has 96 valence electrons. The summed E-state index contributed by atoms with van der Waals surface area (Å²) in [4.78, 5) is 4.42. The first-order valence-electron chi connectivity index (χ1n) is 6.47. The molecule has 1 fully saturated rings. The van der Waals surface area contributed by atoms with E-state index in [1.54, 1.807) is 0 Å². The van der Waals surface area contributed by atoms with E-state index in [0.29, 0.717) is 18.9 Å². The fraction of sp³-hybridized carbons (Fsp3) is 0.833. The Bertz CT molecular complexity index is 340. The number of hydrogen-bond donors (Lipinski definition) is 1. The smallest absolute Gasteiger partial charge is 0.231 e. The third-order valence-corrected chi connectivity index (χ3v) is 3.29. The highest BCUT2D eigenvalue weighted by Crippen LogP contribution is 2.30. The van der Waals surface area contributed by atoms with Gasteiger partial charge in [0.2, 0.25) is 5.89 Å². The number of ether oxygens (including phenoxy) is 1. The van der Waals surface area contributed by atoms with Crippen molar-refractivity contribution in [1.29, 1.82) is 0 Å². The first kappa shape index (κ1) is 12.5. The fourth-order valence-electron chi connectivity index (χ4n) is 2.29. The molecule has 2 rings (SSSR count). The van der Waals surface area contributed by atoms with Gasteiger partial charge in [0.1, 0.15) is 0 Å². The molecule has 1 aromatic rings. The summed E-state index contributed by atoms with van der Waals surface area (Å²) in [5.41, 5.74) is 6.09. The van der Waals surface area contributed by atoms with E-state index in [9.17, 15) is 0 Å². The van der Waals surface area contributed by atoms with Crippen LogP contribution in [-0.4, -0.2) is 29.4 Å². The molecule has 5 nitrogen and oxygen atoms in total. The van der Waals surface area contributed by atoms with Crippen molar-refractivity contribution in [2.75, 3.05) is 13.2 Å². The summed E-state index contributed by atoms with van der Waals surface area (Å²) < 4.78 is 10.6. The van der Waals surface area contributed by atoms with Gasteiger partial charge in [-0.1, -0.05) is 18.0 Å². The van der Waals surface area contributed by atoms with E-state index in [2.05, 4.69) is 10.1 Å². The minimum absolute atomic E-state index is 0.170. The van der Waals surface area contributed by atoms with Gasteiger partial charge >= 0.3 is 0 Å². The maximum atomic E-state index is 6.09. The quantitative estimate of drug-likeness (QED) is 0.790. The normalized spacial score (nSPS) is 25.1. The molecule has 0 saturated heterocycles. The van der Waals surface area contributed by atoms with Gasteiger partial charge in [0.25, 0.3) is 0 Å². The molecule has 0 radical (unpaired) electrons. The average molecular weight is 239 g/mol. The molecule has 1 aliphatic rings. The Morgan fingerprint density at radius 2 is 2.24 bits per heavy atom. The molecule has 0 spiro atoms. The van der Waals surface area contributed by atoms with Crippen LogP contribution in [0, 0.1) is 0 Å². The molecule has 0 aliphatic heterocycles. The number of hydrogen-bond acceptors (Lipinski definition) is 5. The average Bonchev–Trinajstić information content (AvgIpc) is 2.79. The zero-order chi connectivity index (χ0) is 12.1. The lowest BCUT2D eigenvalue weighted by atomic mass is 9.85. The Morgan fingerprint density at radius 3 is 3.00 bits per heavy atom. The predicted molar refractivity (Wildman–Crippen MR) is 63.7 cm³/mol. The monoisotopic (exact) mass is 239 g/mol. The lowest BCUT2D eigenvalue weighted by Gasteiger charge is -2.25. The second-order valence-electron chi connectivity index (χ2n) is 4.55. The van der Waals surface area contributed by atoms with Crippen LogP contribution in [0.2, 0.25) is 0 Å². The summed E-state index contributed by atoms with van der Waals surface area (Å²) in [6.45, 7) is 3.34. The zero-order valence-electron chi connectivity index (χ0n) is 10.4. The van der Waals surface area contributed by atoms with Crippen molar-refractivity contribution in [3.05, 3.63) is 11.7 Å². The Kier molecular flexibility index (Phi) is 4.50. The molecule has 2 N–H and O–H groups in total. The lowest BCUT2D eigenvalue weighted by molar-refractivity contribution is 0.149. The first-order chi connectivity index (χ1) is 8.31. The van der Waals surface area contributed by atoms with Crippen LogP contribution < -0.4 is 5.73 Å². The number of nitrogens with zero attached hydrogens (tertiary/aromatic N) is 2. The van der Waals surface area contributed by atoms with Gasteiger partial charge < -0.3 is 15.0 Å². The Labute approximate surface area is 102 Å². The molecule has 1 aromatic heterocycles. The van der Waals surface area contributed by atoms with Crippen LogP contribution in [0.5, 0.6) is 0 Å². The van der Waals surface area contributed by atoms with Crippen molar-refractivity contribution in [3.8, 4) is 0 Å². The molecule has 1 saturated carbocycles. The van der Waals surface area contributed by atoms with E-state index in [4.69, 9.17) is 15.0 Å². The molecule has 0 aromatic carbocycles. The minimum Gasteiger partial charge on any atom is -0.381 e. The van der Waals surface area contributed by atoms with Gasteiger partial charge in [-0.05, 0) is 19.8 Å². The molecule has 2 atom stereocenters. The maximum Gasteiger partial charge on any atom is 0.231 e. The minimum atomic E-state index is 0.170. The summed E-state index contributed by atoms with van der Waals surface area (Å²) in [6, 6.07) is 0.170. The van der Waals surface area contributed by atoms with Crippen molar-refractivity contribution < 1.29 is 9.26 Å². The van der Waals surface area contributed by atoms with Crippen LogP contribution in [0.4, 0.5) is 0 Å². The van der Waals surface area contributed by atoms with Gasteiger partial charge in [-0.2, -0.15) is 4.98 Å². The van der Waals surface area contributed by atoms with Crippen molar-refractivity contribution in [2.45, 2.75) is 51.0 Å². The van der Waals surface area contributed by atoms with E-state index in [1.807, 2.05) is 6.92 Å². The fourth-order valence-corrected chi connectivity index (χ4v) is 2.29. The predicted octanol–water partition coefficient (Wildman–Crippen LogP) is 1.63. The summed E-state index contributed by atoms with van der Waals surface area (Å²) in [6.07, 6.45) is 5.24. The molecular formula is C12H21N3O2. The highest BCUT2D eigenvalue weighted by molar-refractivity contribution is 5.00. The molecule has 2 unspecified atom stereocenters. The van der Waals surface area contributed by atoms with Crippen molar-refractivity contribution >= 4 is 0 Å². The molecular weight excluding hydrogens is 218 g/mol. The third kappa shape index (κ3) is 3.26. The topological polar surface area (TPSA) is 74.2 Å². The second-order valence-corrected chi connectivity index (χ2v) is 4.55. The van der Waals surface area contributed by atoms with Crippen molar-refractivity contribution in [2.24, 2.45) is 5.73 Å². The van der Waals surface area contributed by atoms with Crippen LogP contribution in [-0.2, 0) is 11.2 Å². The summed E-state index contributed by atoms with van der Waals surface area (Å²) >= 11 is 0. The van der Waals surface area contributed by atoms with E-state index in [1.165, 1.54) is 12.8 Å². The van der Waals surface area contributed by atoms with E-state index in [-0.39, 0.29) is 12.0 Å². The Morgan fingerprint density at radius 1 is 1.41 bits per heavy atom. The molecule has 0 amide bonds. The molecule has 0 bridgehead atoms. The number of nitrogens with two attached hydrogens (primary N) is 1. The second kappa shape index (κ2) is 6.12. The lowest BCUT2D eigenvalue weighted by Crippen LogP contribution is -2.31. The molecule has 5 heteroatoms. The van der Waals surface area contributed by atoms with Gasteiger partial charge in [0.15, 0.2) is 5.82 Å². The van der Waals surface area contributed by atoms with E-state index in [0.717, 1.165) is 25.3 Å². The van der Waals surface area contributed by atoms with Gasteiger partial charge in [-0.3, -0.25) is 0 Å². The van der Waals surface area contributed by atoms with Gasteiger partial charge in [-0.25, -0.2) is 0 Å². The van der Waals surface area contributed by atoms with Crippen LogP contribution in [0.15, 0.2) is 4.52 Å². The highest BCUT2D eigenvalue weighted by Gasteiger charge is 2.28. The maximum absolute atomic E-state index is 6.09. The number of aromatic nitrogens is 2. The molecule has 1 heterocycles. The first-order valence-corrected chi connectivity index (χ1v) is 6.47. The van der Waals surface area contributed by atoms with Crippen molar-refractivity contribution in [1.82, 2.24) is 10.1 Å². The largest absolute Gasteiger partial charge is 0.381 e. The van der Waals surface area contributed by atoms with Crippen LogP contribution >= 0.6 is 0 Å².